The van der Waals surface area contributed by atoms with Crippen LogP contribution in [0.3, 0.4) is 0 Å². The van der Waals surface area contributed by atoms with Crippen LogP contribution in [0, 0.1) is 25.2 Å². The molecule has 0 radical (unpaired) electrons. The van der Waals surface area contributed by atoms with Gasteiger partial charge in [0.25, 0.3) is 0 Å². The molecule has 3 heteroatoms. The van der Waals surface area contributed by atoms with Crippen LogP contribution in [0.25, 0.3) is 5.65 Å². The van der Waals surface area contributed by atoms with Crippen LogP contribution in [0.4, 0.5) is 0 Å². The molecule has 3 nitrogen and oxygen atoms in total. The maximum Gasteiger partial charge on any atom is 0.140 e. The number of imidazole rings is 1. The van der Waals surface area contributed by atoms with Gasteiger partial charge in [0.05, 0.1) is 23.9 Å². The molecule has 0 fully saturated rings. The zero-order valence-electron chi connectivity index (χ0n) is 8.28. The molecule has 2 aromatic heterocycles. The van der Waals surface area contributed by atoms with Gasteiger partial charge in [-0.2, -0.15) is 5.26 Å². The fourth-order valence-corrected chi connectivity index (χ4v) is 1.65. The third kappa shape index (κ3) is 1.16. The minimum Gasteiger partial charge on any atom is -0.303 e. The Kier molecular flexibility index (Phi) is 1.97. The van der Waals surface area contributed by atoms with E-state index in [1.54, 1.807) is 0 Å². The normalized spacial score (nSPS) is 10.4. The Labute approximate surface area is 82.6 Å². The van der Waals surface area contributed by atoms with E-state index in [2.05, 4.69) is 11.1 Å². The Balaban J connectivity index is 2.78. The standard InChI is InChI=1S/C11H11N3/c1-8-4-3-7-14-10(5-6-12)9(2)13-11(8)14/h3-4,7H,5H2,1-2H3. The van der Waals surface area contributed by atoms with Crippen LogP contribution in [-0.2, 0) is 6.42 Å². The second kappa shape index (κ2) is 3.15. The molecule has 2 aromatic rings. The molecule has 0 aromatic carbocycles. The summed E-state index contributed by atoms with van der Waals surface area (Å²) in [5, 5.41) is 8.70. The van der Waals surface area contributed by atoms with Gasteiger partial charge in [-0.1, -0.05) is 6.07 Å². The number of rotatable bonds is 1. The van der Waals surface area contributed by atoms with Gasteiger partial charge in [-0.3, -0.25) is 0 Å². The molecule has 0 amide bonds. The lowest BCUT2D eigenvalue weighted by Crippen LogP contribution is -1.93. The van der Waals surface area contributed by atoms with E-state index in [1.165, 1.54) is 0 Å². The average Bonchev–Trinajstić information content (AvgIpc) is 2.47. The van der Waals surface area contributed by atoms with Gasteiger partial charge in [-0.05, 0) is 25.5 Å². The molecule has 70 valence electrons. The molecule has 14 heavy (non-hydrogen) atoms. The highest BCUT2D eigenvalue weighted by molar-refractivity contribution is 5.50. The predicted molar refractivity (Wildman–Crippen MR) is 54.0 cm³/mol. The third-order valence-electron chi connectivity index (χ3n) is 2.39. The number of hydrogen-bond donors (Lipinski definition) is 0. The number of fused-ring (bicyclic) bond motifs is 1. The van der Waals surface area contributed by atoms with E-state index in [-0.39, 0.29) is 0 Å². The molecule has 0 aliphatic heterocycles. The average molecular weight is 185 g/mol. The number of pyridine rings is 1. The summed E-state index contributed by atoms with van der Waals surface area (Å²) in [4.78, 5) is 4.44. The first kappa shape index (κ1) is 8.76. The Morgan fingerprint density at radius 2 is 2.29 bits per heavy atom. The van der Waals surface area contributed by atoms with E-state index in [0.29, 0.717) is 6.42 Å². The van der Waals surface area contributed by atoms with Crippen molar-refractivity contribution in [3.8, 4) is 6.07 Å². The molecule has 0 bridgehead atoms. The molecule has 0 atom stereocenters. The third-order valence-corrected chi connectivity index (χ3v) is 2.39. The number of nitriles is 1. The zero-order chi connectivity index (χ0) is 10.1. The van der Waals surface area contributed by atoms with Gasteiger partial charge in [-0.15, -0.1) is 0 Å². The smallest absolute Gasteiger partial charge is 0.140 e. The summed E-state index contributed by atoms with van der Waals surface area (Å²) < 4.78 is 1.99. The number of aromatic nitrogens is 2. The summed E-state index contributed by atoms with van der Waals surface area (Å²) in [6.07, 6.45) is 2.37. The van der Waals surface area contributed by atoms with Crippen molar-refractivity contribution in [1.29, 1.82) is 5.26 Å². The quantitative estimate of drug-likeness (QED) is 0.682. The summed E-state index contributed by atoms with van der Waals surface area (Å²) in [6, 6.07) is 6.16. The van der Waals surface area contributed by atoms with E-state index >= 15 is 0 Å². The summed E-state index contributed by atoms with van der Waals surface area (Å²) in [5.41, 5.74) is 4.03. The van der Waals surface area contributed by atoms with E-state index in [0.717, 1.165) is 22.6 Å². The molecule has 0 saturated heterocycles. The second-order valence-electron chi connectivity index (χ2n) is 3.36. The van der Waals surface area contributed by atoms with Crippen molar-refractivity contribution < 1.29 is 0 Å². The van der Waals surface area contributed by atoms with Gasteiger partial charge in [0, 0.05) is 6.20 Å². The molecule has 2 rings (SSSR count). The Morgan fingerprint density at radius 1 is 1.50 bits per heavy atom. The highest BCUT2D eigenvalue weighted by Crippen LogP contribution is 2.15. The van der Waals surface area contributed by atoms with Gasteiger partial charge in [0.15, 0.2) is 0 Å². The van der Waals surface area contributed by atoms with Gasteiger partial charge in [0.2, 0.25) is 0 Å². The highest BCUT2D eigenvalue weighted by Gasteiger charge is 2.08. The van der Waals surface area contributed by atoms with Crippen molar-refractivity contribution in [2.45, 2.75) is 20.3 Å². The first-order valence-corrected chi connectivity index (χ1v) is 4.54. The lowest BCUT2D eigenvalue weighted by Gasteiger charge is -1.98. The lowest BCUT2D eigenvalue weighted by molar-refractivity contribution is 1.03. The summed E-state index contributed by atoms with van der Waals surface area (Å²) in [5.74, 6) is 0. The largest absolute Gasteiger partial charge is 0.303 e. The molecule has 0 N–H and O–H groups in total. The number of hydrogen-bond acceptors (Lipinski definition) is 2. The van der Waals surface area contributed by atoms with Crippen molar-refractivity contribution >= 4 is 5.65 Å². The molecular weight excluding hydrogens is 174 g/mol. The van der Waals surface area contributed by atoms with Crippen molar-refractivity contribution in [3.63, 3.8) is 0 Å². The molecule has 0 unspecified atom stereocenters. The fraction of sp³-hybridized carbons (Fsp3) is 0.273. The van der Waals surface area contributed by atoms with E-state index in [1.807, 2.05) is 36.6 Å². The molecule has 0 aliphatic carbocycles. The van der Waals surface area contributed by atoms with Crippen molar-refractivity contribution in [2.75, 3.05) is 0 Å². The van der Waals surface area contributed by atoms with E-state index < -0.39 is 0 Å². The Bertz CT molecular complexity index is 517. The van der Waals surface area contributed by atoms with E-state index in [4.69, 9.17) is 5.26 Å². The summed E-state index contributed by atoms with van der Waals surface area (Å²) >= 11 is 0. The summed E-state index contributed by atoms with van der Waals surface area (Å²) in [6.45, 7) is 3.97. The number of aryl methyl sites for hydroxylation is 2. The minimum absolute atomic E-state index is 0.413. The molecule has 2 heterocycles. The van der Waals surface area contributed by atoms with E-state index in [9.17, 15) is 0 Å². The molecule has 0 saturated carbocycles. The van der Waals surface area contributed by atoms with Crippen LogP contribution in [0.2, 0.25) is 0 Å². The molecule has 0 spiro atoms. The Morgan fingerprint density at radius 3 is 3.00 bits per heavy atom. The van der Waals surface area contributed by atoms with Crippen molar-refractivity contribution in [3.05, 3.63) is 35.3 Å². The van der Waals surface area contributed by atoms with Crippen LogP contribution in [0.1, 0.15) is 17.0 Å². The fourth-order valence-electron chi connectivity index (χ4n) is 1.65. The second-order valence-corrected chi connectivity index (χ2v) is 3.36. The monoisotopic (exact) mass is 185 g/mol. The maximum absolute atomic E-state index is 8.70. The van der Waals surface area contributed by atoms with Crippen LogP contribution in [0.15, 0.2) is 18.3 Å². The van der Waals surface area contributed by atoms with Crippen LogP contribution < -0.4 is 0 Å². The predicted octanol–water partition coefficient (Wildman–Crippen LogP) is 2.02. The molecular formula is C11H11N3. The minimum atomic E-state index is 0.413. The maximum atomic E-state index is 8.70. The first-order valence-electron chi connectivity index (χ1n) is 4.54. The van der Waals surface area contributed by atoms with Gasteiger partial charge in [-0.25, -0.2) is 4.98 Å². The SMILES string of the molecule is Cc1nc2c(C)cccn2c1CC#N. The molecule has 0 aliphatic rings. The van der Waals surface area contributed by atoms with Crippen molar-refractivity contribution in [1.82, 2.24) is 9.38 Å². The van der Waals surface area contributed by atoms with Crippen LogP contribution >= 0.6 is 0 Å². The zero-order valence-corrected chi connectivity index (χ0v) is 8.28. The first-order chi connectivity index (χ1) is 6.74. The van der Waals surface area contributed by atoms with Crippen LogP contribution in [-0.4, -0.2) is 9.38 Å². The van der Waals surface area contributed by atoms with Crippen molar-refractivity contribution in [2.24, 2.45) is 0 Å². The lowest BCUT2D eigenvalue weighted by atomic mass is 10.2. The van der Waals surface area contributed by atoms with Gasteiger partial charge >= 0.3 is 0 Å². The van der Waals surface area contributed by atoms with Gasteiger partial charge in [0.1, 0.15) is 5.65 Å². The Hall–Kier alpha value is -1.82. The number of nitrogens with zero attached hydrogens (tertiary/aromatic N) is 3. The van der Waals surface area contributed by atoms with Gasteiger partial charge < -0.3 is 4.40 Å². The van der Waals surface area contributed by atoms with Crippen LogP contribution in [0.5, 0.6) is 0 Å². The highest BCUT2D eigenvalue weighted by atomic mass is 15.0. The topological polar surface area (TPSA) is 41.1 Å². The summed E-state index contributed by atoms with van der Waals surface area (Å²) in [7, 11) is 0.